The number of likely N-dealkylation sites (tertiary alicyclic amines) is 1. The molecule has 2 rings (SSSR count). The number of carbonyl (C=O) groups is 1. The van der Waals surface area contributed by atoms with Gasteiger partial charge in [0.15, 0.2) is 0 Å². The van der Waals surface area contributed by atoms with E-state index in [1.807, 2.05) is 6.92 Å². The van der Waals surface area contributed by atoms with E-state index < -0.39 is 0 Å². The number of nitrogens with one attached hydrogen (secondary N) is 1. The predicted molar refractivity (Wildman–Crippen MR) is 92.6 cm³/mol. The van der Waals surface area contributed by atoms with Gasteiger partial charge in [0.05, 0.1) is 15.7 Å². The second-order valence-corrected chi connectivity index (χ2v) is 6.67. The number of piperidine rings is 1. The second kappa shape index (κ2) is 8.16. The Morgan fingerprint density at radius 3 is 2.73 bits per heavy atom. The number of nitrogens with zero attached hydrogens (tertiary/aromatic N) is 1. The van der Waals surface area contributed by atoms with Gasteiger partial charge in [0.1, 0.15) is 0 Å². The molecule has 1 aliphatic heterocycles. The van der Waals surface area contributed by atoms with Crippen molar-refractivity contribution in [2.45, 2.75) is 44.7 Å². The van der Waals surface area contributed by atoms with E-state index in [1.54, 1.807) is 18.2 Å². The van der Waals surface area contributed by atoms with E-state index in [0.717, 1.165) is 13.0 Å². The van der Waals surface area contributed by atoms with E-state index in [4.69, 9.17) is 28.9 Å². The first-order valence-electron chi connectivity index (χ1n) is 7.72. The zero-order valence-electron chi connectivity index (χ0n) is 12.8. The third kappa shape index (κ3) is 4.59. The van der Waals surface area contributed by atoms with Crippen LogP contribution >= 0.6 is 23.2 Å². The van der Waals surface area contributed by atoms with Crippen LogP contribution in [0.15, 0.2) is 18.2 Å². The van der Waals surface area contributed by atoms with Crippen molar-refractivity contribution < 1.29 is 4.79 Å². The normalized spacial score (nSPS) is 20.6. The van der Waals surface area contributed by atoms with Gasteiger partial charge in [-0.3, -0.25) is 9.69 Å². The van der Waals surface area contributed by atoms with Gasteiger partial charge in [-0.25, -0.2) is 0 Å². The quantitative estimate of drug-likeness (QED) is 0.859. The molecule has 1 fully saturated rings. The van der Waals surface area contributed by atoms with Gasteiger partial charge in [0, 0.05) is 25.0 Å². The Balaban J connectivity index is 1.89. The smallest absolute Gasteiger partial charge is 0.225 e. The van der Waals surface area contributed by atoms with Gasteiger partial charge >= 0.3 is 0 Å². The van der Waals surface area contributed by atoms with Gasteiger partial charge in [0.2, 0.25) is 5.91 Å². The highest BCUT2D eigenvalue weighted by Crippen LogP contribution is 2.30. The van der Waals surface area contributed by atoms with Crippen molar-refractivity contribution in [2.24, 2.45) is 5.73 Å². The van der Waals surface area contributed by atoms with Crippen LogP contribution in [0.1, 0.15) is 32.6 Å². The van der Waals surface area contributed by atoms with Gasteiger partial charge in [0.25, 0.3) is 0 Å². The van der Waals surface area contributed by atoms with Crippen molar-refractivity contribution in [1.29, 1.82) is 0 Å². The predicted octanol–water partition coefficient (Wildman–Crippen LogP) is 3.52. The van der Waals surface area contributed by atoms with Crippen molar-refractivity contribution in [1.82, 2.24) is 4.90 Å². The molecule has 1 amide bonds. The maximum atomic E-state index is 12.1. The number of anilines is 1. The minimum absolute atomic E-state index is 0.0796. The first kappa shape index (κ1) is 17.5. The van der Waals surface area contributed by atoms with Gasteiger partial charge in [-0.15, -0.1) is 0 Å². The summed E-state index contributed by atoms with van der Waals surface area (Å²) in [6.07, 6.45) is 3.89. The van der Waals surface area contributed by atoms with Crippen LogP contribution in [-0.2, 0) is 4.79 Å². The Morgan fingerprint density at radius 1 is 1.41 bits per heavy atom. The Labute approximate surface area is 141 Å². The van der Waals surface area contributed by atoms with Crippen LogP contribution in [0.4, 0.5) is 5.69 Å². The Kier molecular flexibility index (Phi) is 6.50. The lowest BCUT2D eigenvalue weighted by Gasteiger charge is -2.37. The number of rotatable bonds is 5. The lowest BCUT2D eigenvalue weighted by atomic mass is 9.97. The third-order valence-corrected chi connectivity index (χ3v) is 4.75. The Morgan fingerprint density at radius 2 is 2.09 bits per heavy atom. The topological polar surface area (TPSA) is 58.4 Å². The molecule has 0 aliphatic carbocycles. The maximum absolute atomic E-state index is 12.1. The standard InChI is InChI=1S/C16H23Cl2N3O/c1-11(19)14-7-2-3-9-21(14)10-8-15(22)20-16-12(17)5-4-6-13(16)18/h4-6,11,14H,2-3,7-10,19H2,1H3,(H,20,22). The average Bonchev–Trinajstić information content (AvgIpc) is 2.49. The lowest BCUT2D eigenvalue weighted by molar-refractivity contribution is -0.116. The van der Waals surface area contributed by atoms with Crippen molar-refractivity contribution in [3.63, 3.8) is 0 Å². The van der Waals surface area contributed by atoms with Crippen LogP contribution in [0.25, 0.3) is 0 Å². The molecule has 0 saturated carbocycles. The number of nitrogens with two attached hydrogens (primary N) is 1. The van der Waals surface area contributed by atoms with Crippen molar-refractivity contribution in [2.75, 3.05) is 18.4 Å². The SMILES string of the molecule is CC(N)C1CCCCN1CCC(=O)Nc1c(Cl)cccc1Cl. The summed E-state index contributed by atoms with van der Waals surface area (Å²) in [5.74, 6) is -0.0796. The number of benzene rings is 1. The maximum Gasteiger partial charge on any atom is 0.225 e. The largest absolute Gasteiger partial charge is 0.327 e. The average molecular weight is 344 g/mol. The number of carbonyl (C=O) groups excluding carboxylic acids is 1. The van der Waals surface area contributed by atoms with E-state index in [1.165, 1.54) is 12.8 Å². The summed E-state index contributed by atoms with van der Waals surface area (Å²) in [6, 6.07) is 5.66. The number of amides is 1. The van der Waals surface area contributed by atoms with E-state index in [9.17, 15) is 4.79 Å². The van der Waals surface area contributed by atoms with Crippen LogP contribution < -0.4 is 11.1 Å². The third-order valence-electron chi connectivity index (χ3n) is 4.12. The molecule has 22 heavy (non-hydrogen) atoms. The Hall–Kier alpha value is -0.810. The number of hydrogen-bond donors (Lipinski definition) is 2. The summed E-state index contributed by atoms with van der Waals surface area (Å²) in [7, 11) is 0. The fourth-order valence-corrected chi connectivity index (χ4v) is 3.45. The molecule has 1 heterocycles. The van der Waals surface area contributed by atoms with E-state index in [-0.39, 0.29) is 11.9 Å². The summed E-state index contributed by atoms with van der Waals surface area (Å²) in [4.78, 5) is 14.5. The minimum Gasteiger partial charge on any atom is -0.327 e. The van der Waals surface area contributed by atoms with E-state index in [0.29, 0.717) is 34.7 Å². The van der Waals surface area contributed by atoms with Crippen LogP contribution in [0, 0.1) is 0 Å². The molecule has 6 heteroatoms. The van der Waals surface area contributed by atoms with Gasteiger partial charge < -0.3 is 11.1 Å². The highest BCUT2D eigenvalue weighted by atomic mass is 35.5. The molecule has 0 radical (unpaired) electrons. The van der Waals surface area contributed by atoms with Crippen LogP contribution in [0.2, 0.25) is 10.0 Å². The van der Waals surface area contributed by atoms with E-state index >= 15 is 0 Å². The monoisotopic (exact) mass is 343 g/mol. The first-order chi connectivity index (χ1) is 10.5. The highest BCUT2D eigenvalue weighted by Gasteiger charge is 2.25. The summed E-state index contributed by atoms with van der Waals surface area (Å²) in [5.41, 5.74) is 6.53. The lowest BCUT2D eigenvalue weighted by Crippen LogP contribution is -2.49. The van der Waals surface area contributed by atoms with Crippen LogP contribution in [0.3, 0.4) is 0 Å². The molecule has 4 nitrogen and oxygen atoms in total. The molecule has 1 aliphatic rings. The molecular formula is C16H23Cl2N3O. The molecule has 2 unspecified atom stereocenters. The molecule has 1 saturated heterocycles. The summed E-state index contributed by atoms with van der Waals surface area (Å²) in [6.45, 7) is 3.75. The zero-order valence-corrected chi connectivity index (χ0v) is 14.3. The molecule has 0 bridgehead atoms. The fraction of sp³-hybridized carbons (Fsp3) is 0.562. The first-order valence-corrected chi connectivity index (χ1v) is 8.48. The molecule has 1 aromatic carbocycles. The van der Waals surface area contributed by atoms with Crippen molar-refractivity contribution in [3.05, 3.63) is 28.2 Å². The summed E-state index contributed by atoms with van der Waals surface area (Å²) in [5, 5.41) is 3.70. The van der Waals surface area contributed by atoms with Gasteiger partial charge in [-0.05, 0) is 38.4 Å². The van der Waals surface area contributed by atoms with Gasteiger partial charge in [-0.1, -0.05) is 35.7 Å². The molecule has 2 atom stereocenters. The molecule has 3 N–H and O–H groups in total. The number of halogens is 2. The van der Waals surface area contributed by atoms with Gasteiger partial charge in [-0.2, -0.15) is 0 Å². The number of para-hydroxylation sites is 1. The summed E-state index contributed by atoms with van der Waals surface area (Å²) >= 11 is 12.1. The fourth-order valence-electron chi connectivity index (χ4n) is 2.95. The molecule has 122 valence electrons. The highest BCUT2D eigenvalue weighted by molar-refractivity contribution is 6.39. The number of hydrogen-bond acceptors (Lipinski definition) is 3. The second-order valence-electron chi connectivity index (χ2n) is 5.85. The van der Waals surface area contributed by atoms with E-state index in [2.05, 4.69) is 10.2 Å². The molecule has 0 aromatic heterocycles. The molecular weight excluding hydrogens is 321 g/mol. The van der Waals surface area contributed by atoms with Crippen LogP contribution in [-0.4, -0.2) is 36.0 Å². The summed E-state index contributed by atoms with van der Waals surface area (Å²) < 4.78 is 0. The van der Waals surface area contributed by atoms with Crippen LogP contribution in [0.5, 0.6) is 0 Å². The minimum atomic E-state index is -0.0796. The van der Waals surface area contributed by atoms with Crippen molar-refractivity contribution in [3.8, 4) is 0 Å². The molecule has 1 aromatic rings. The van der Waals surface area contributed by atoms with Crippen molar-refractivity contribution >= 4 is 34.8 Å². The Bertz CT molecular complexity index is 502. The zero-order chi connectivity index (χ0) is 16.1. The molecule has 0 spiro atoms.